The maximum Gasteiger partial charge on any atom is 0.308 e. The monoisotopic (exact) mass is 652 g/mol. The van der Waals surface area contributed by atoms with Crippen LogP contribution in [-0.2, 0) is 51.9 Å². The van der Waals surface area contributed by atoms with Crippen molar-refractivity contribution in [1.82, 2.24) is 9.80 Å². The molecule has 0 aliphatic carbocycles. The molecular weight excluding hydrogens is 612 g/mol. The third-order valence-electron chi connectivity index (χ3n) is 8.89. The van der Waals surface area contributed by atoms with Crippen molar-refractivity contribution in [3.05, 3.63) is 167 Å². The summed E-state index contributed by atoms with van der Waals surface area (Å²) in [4.78, 5) is 40.6. The minimum Gasteiger partial charge on any atom is -0.461 e. The van der Waals surface area contributed by atoms with Crippen molar-refractivity contribution in [2.45, 2.75) is 51.3 Å². The second kappa shape index (κ2) is 15.6. The number of hydrogen-bond donors (Lipinski definition) is 2. The van der Waals surface area contributed by atoms with Crippen molar-refractivity contribution in [3.63, 3.8) is 0 Å². The Morgan fingerprint density at radius 2 is 0.980 bits per heavy atom. The van der Waals surface area contributed by atoms with Crippen molar-refractivity contribution >= 4 is 17.8 Å². The van der Waals surface area contributed by atoms with Crippen molar-refractivity contribution in [3.8, 4) is 11.1 Å². The first kappa shape index (κ1) is 33.3. The van der Waals surface area contributed by atoms with Gasteiger partial charge in [-0.25, -0.2) is 0 Å². The number of amides is 2. The van der Waals surface area contributed by atoms with E-state index in [2.05, 4.69) is 24.3 Å². The summed E-state index contributed by atoms with van der Waals surface area (Å²) >= 11 is 0. The molecule has 49 heavy (non-hydrogen) atoms. The third-order valence-corrected chi connectivity index (χ3v) is 8.89. The predicted octanol–water partition coefficient (Wildman–Crippen LogP) is 5.89. The minimum atomic E-state index is -0.873. The van der Waals surface area contributed by atoms with Crippen LogP contribution >= 0.6 is 0 Å². The number of nitrogens with zero attached hydrogens (tertiary/aromatic N) is 2. The van der Waals surface area contributed by atoms with Gasteiger partial charge in [-0.05, 0) is 44.5 Å². The van der Waals surface area contributed by atoms with E-state index in [-0.39, 0.29) is 24.8 Å². The zero-order valence-corrected chi connectivity index (χ0v) is 27.3. The molecule has 248 valence electrons. The molecule has 5 aromatic rings. The van der Waals surface area contributed by atoms with Crippen LogP contribution in [0.1, 0.15) is 45.8 Å². The molecule has 8 heteroatoms. The molecule has 0 saturated carbocycles. The van der Waals surface area contributed by atoms with Gasteiger partial charge in [0, 0.05) is 26.2 Å². The molecule has 7 rings (SSSR count). The summed E-state index contributed by atoms with van der Waals surface area (Å²) in [6.45, 7) is 2.56. The first-order chi connectivity index (χ1) is 23.9. The third kappa shape index (κ3) is 8.30. The lowest BCUT2D eigenvalue weighted by Gasteiger charge is -2.20. The SMILES string of the molecule is NC(C(=O)N1Cc2ccccc2C1)c1ccc(-c2ccccc2)cc1.N[C@H](CC(=O)OCc1ccccc1)C(=O)N1Cc2ccccc2C1. The summed E-state index contributed by atoms with van der Waals surface area (Å²) in [5, 5.41) is 0. The van der Waals surface area contributed by atoms with Crippen molar-refractivity contribution < 1.29 is 19.1 Å². The van der Waals surface area contributed by atoms with Gasteiger partial charge in [0.25, 0.3) is 0 Å². The maximum atomic E-state index is 12.8. The maximum absolute atomic E-state index is 12.8. The molecule has 2 heterocycles. The Hall–Kier alpha value is -5.57. The highest BCUT2D eigenvalue weighted by atomic mass is 16.5. The highest BCUT2D eigenvalue weighted by molar-refractivity contribution is 5.87. The van der Waals surface area contributed by atoms with Gasteiger partial charge in [0.05, 0.1) is 12.5 Å². The van der Waals surface area contributed by atoms with Crippen LogP contribution in [0.2, 0.25) is 0 Å². The summed E-state index contributed by atoms with van der Waals surface area (Å²) in [5.41, 5.74) is 20.9. The molecule has 0 aromatic heterocycles. The molecule has 4 N–H and O–H groups in total. The molecule has 1 unspecified atom stereocenters. The van der Waals surface area contributed by atoms with Crippen molar-refractivity contribution in [2.75, 3.05) is 0 Å². The van der Waals surface area contributed by atoms with E-state index in [0.29, 0.717) is 26.2 Å². The van der Waals surface area contributed by atoms with E-state index < -0.39 is 18.1 Å². The van der Waals surface area contributed by atoms with Crippen LogP contribution in [0.25, 0.3) is 11.1 Å². The van der Waals surface area contributed by atoms with E-state index in [4.69, 9.17) is 16.2 Å². The molecule has 0 fully saturated rings. The molecule has 0 radical (unpaired) electrons. The number of carbonyl (C=O) groups is 3. The molecule has 2 atom stereocenters. The fraction of sp³-hybridized carbons (Fsp3) is 0.195. The van der Waals surface area contributed by atoms with E-state index >= 15 is 0 Å². The lowest BCUT2D eigenvalue weighted by atomic mass is 10.0. The van der Waals surface area contributed by atoms with E-state index in [9.17, 15) is 14.4 Å². The standard InChI is InChI=1S/C22H20N2O.C19H20N2O3/c23-21(22(25)24-14-19-8-4-5-9-20(19)15-24)18-12-10-17(11-13-18)16-6-2-1-3-7-16;20-17(10-18(22)24-13-14-6-2-1-3-7-14)19(23)21-11-15-8-4-5-9-16(15)12-21/h1-13,21H,14-15,23H2;1-9,17H,10-13,20H2/t;17-/m.1/s1. The van der Waals surface area contributed by atoms with Crippen LogP contribution in [0.5, 0.6) is 0 Å². The largest absolute Gasteiger partial charge is 0.461 e. The summed E-state index contributed by atoms with van der Waals surface area (Å²) in [6, 6.07) is 42.1. The number of fused-ring (bicyclic) bond motifs is 2. The Kier molecular flexibility index (Phi) is 10.6. The molecule has 5 aromatic carbocycles. The van der Waals surface area contributed by atoms with Crippen molar-refractivity contribution in [2.24, 2.45) is 11.5 Å². The zero-order chi connectivity index (χ0) is 34.2. The molecule has 0 spiro atoms. The Bertz CT molecular complexity index is 1850. The molecule has 2 aliphatic heterocycles. The van der Waals surface area contributed by atoms with Gasteiger partial charge in [-0.1, -0.05) is 133 Å². The van der Waals surface area contributed by atoms with Gasteiger partial charge in [0.2, 0.25) is 11.8 Å². The lowest BCUT2D eigenvalue weighted by molar-refractivity contribution is -0.148. The van der Waals surface area contributed by atoms with Gasteiger partial charge in [0.15, 0.2) is 0 Å². The van der Waals surface area contributed by atoms with Gasteiger partial charge < -0.3 is 26.0 Å². The van der Waals surface area contributed by atoms with Crippen LogP contribution in [-0.4, -0.2) is 33.6 Å². The predicted molar refractivity (Wildman–Crippen MR) is 189 cm³/mol. The van der Waals surface area contributed by atoms with E-state index in [1.165, 1.54) is 11.1 Å². The number of ether oxygens (including phenoxy) is 1. The Morgan fingerprint density at radius 1 is 0.551 bits per heavy atom. The van der Waals surface area contributed by atoms with Gasteiger partial charge in [-0.3, -0.25) is 14.4 Å². The number of esters is 1. The molecule has 0 bridgehead atoms. The quantitative estimate of drug-likeness (QED) is 0.202. The average molecular weight is 653 g/mol. The van der Waals surface area contributed by atoms with Gasteiger partial charge >= 0.3 is 5.97 Å². The lowest BCUT2D eigenvalue weighted by Crippen LogP contribution is -2.42. The van der Waals surface area contributed by atoms with Gasteiger partial charge in [-0.2, -0.15) is 0 Å². The summed E-state index contributed by atoms with van der Waals surface area (Å²) in [6.07, 6.45) is -0.113. The smallest absolute Gasteiger partial charge is 0.308 e. The van der Waals surface area contributed by atoms with Crippen LogP contribution in [0, 0.1) is 0 Å². The number of carbonyl (C=O) groups excluding carboxylic acids is 3. The number of nitrogens with two attached hydrogens (primary N) is 2. The van der Waals surface area contributed by atoms with E-state index in [1.54, 1.807) is 4.90 Å². The summed E-state index contributed by atoms with van der Waals surface area (Å²) in [5.74, 6) is -0.706. The first-order valence-corrected chi connectivity index (χ1v) is 16.4. The summed E-state index contributed by atoms with van der Waals surface area (Å²) in [7, 11) is 0. The topological polar surface area (TPSA) is 119 Å². The van der Waals surface area contributed by atoms with Gasteiger partial charge in [-0.15, -0.1) is 0 Å². The van der Waals surface area contributed by atoms with Crippen molar-refractivity contribution in [1.29, 1.82) is 0 Å². The molecule has 0 saturated heterocycles. The zero-order valence-electron chi connectivity index (χ0n) is 27.3. The fourth-order valence-electron chi connectivity index (χ4n) is 6.13. The fourth-order valence-corrected chi connectivity index (χ4v) is 6.13. The summed E-state index contributed by atoms with van der Waals surface area (Å²) < 4.78 is 5.18. The van der Waals surface area contributed by atoms with E-state index in [1.807, 2.05) is 114 Å². The Balaban J connectivity index is 0.000000170. The molecule has 2 amide bonds. The molecular formula is C41H40N4O4. The van der Waals surface area contributed by atoms with Crippen LogP contribution in [0.4, 0.5) is 0 Å². The Morgan fingerprint density at radius 3 is 1.49 bits per heavy atom. The highest BCUT2D eigenvalue weighted by Gasteiger charge is 2.29. The Labute approximate surface area is 286 Å². The second-order valence-corrected chi connectivity index (χ2v) is 12.3. The normalized spacial score (nSPS) is 14.2. The average Bonchev–Trinajstić information content (AvgIpc) is 3.79. The van der Waals surface area contributed by atoms with Crippen LogP contribution in [0.15, 0.2) is 133 Å². The number of rotatable bonds is 8. The van der Waals surface area contributed by atoms with E-state index in [0.717, 1.165) is 33.4 Å². The molecule has 2 aliphatic rings. The highest BCUT2D eigenvalue weighted by Crippen LogP contribution is 2.27. The van der Waals surface area contributed by atoms with Crippen LogP contribution in [0.3, 0.4) is 0 Å². The molecule has 8 nitrogen and oxygen atoms in total. The second-order valence-electron chi connectivity index (χ2n) is 12.3. The first-order valence-electron chi connectivity index (χ1n) is 16.4. The number of hydrogen-bond acceptors (Lipinski definition) is 6. The van der Waals surface area contributed by atoms with Crippen LogP contribution < -0.4 is 11.5 Å². The minimum absolute atomic E-state index is 0.0244. The number of benzene rings is 5. The van der Waals surface area contributed by atoms with Gasteiger partial charge in [0.1, 0.15) is 12.6 Å².